The van der Waals surface area contributed by atoms with Crippen LogP contribution in [0.1, 0.15) is 56.8 Å². The second-order valence-electron chi connectivity index (χ2n) is 7.17. The molecule has 4 nitrogen and oxygen atoms in total. The van der Waals surface area contributed by atoms with Gasteiger partial charge in [0.2, 0.25) is 5.91 Å². The van der Waals surface area contributed by atoms with Crippen molar-refractivity contribution in [2.24, 2.45) is 5.92 Å². The van der Waals surface area contributed by atoms with Crippen molar-refractivity contribution in [3.05, 3.63) is 16.1 Å². The van der Waals surface area contributed by atoms with Gasteiger partial charge in [-0.3, -0.25) is 4.79 Å². The molecular formula is C16H24N2O2S. The van der Waals surface area contributed by atoms with Crippen molar-refractivity contribution in [1.82, 2.24) is 9.88 Å². The summed E-state index contributed by atoms with van der Waals surface area (Å²) in [6.45, 7) is 8.49. The van der Waals surface area contributed by atoms with Crippen LogP contribution in [0.15, 0.2) is 5.38 Å². The van der Waals surface area contributed by atoms with Gasteiger partial charge in [0.15, 0.2) is 0 Å². The van der Waals surface area contributed by atoms with E-state index in [-0.39, 0.29) is 11.5 Å². The number of carbonyl (C=O) groups is 1. The van der Waals surface area contributed by atoms with Crippen LogP contribution >= 0.6 is 11.3 Å². The highest BCUT2D eigenvalue weighted by Crippen LogP contribution is 2.34. The van der Waals surface area contributed by atoms with Gasteiger partial charge in [0.05, 0.1) is 18.8 Å². The predicted molar refractivity (Wildman–Crippen MR) is 83.4 cm³/mol. The van der Waals surface area contributed by atoms with Crippen LogP contribution in [0.4, 0.5) is 0 Å². The Balaban J connectivity index is 1.65. The first-order valence-electron chi connectivity index (χ1n) is 7.79. The van der Waals surface area contributed by atoms with E-state index in [0.717, 1.165) is 23.7 Å². The lowest BCUT2D eigenvalue weighted by atomic mass is 9.93. The third-order valence-electron chi connectivity index (χ3n) is 4.15. The number of carbonyl (C=O) groups excluding carboxylic acids is 1. The van der Waals surface area contributed by atoms with Crippen molar-refractivity contribution in [3.8, 4) is 0 Å². The first-order valence-corrected chi connectivity index (χ1v) is 8.67. The lowest BCUT2D eigenvalue weighted by molar-refractivity contribution is -0.139. The zero-order valence-corrected chi connectivity index (χ0v) is 13.9. The molecule has 1 aromatic heterocycles. The van der Waals surface area contributed by atoms with Crippen LogP contribution in [-0.2, 0) is 14.9 Å². The van der Waals surface area contributed by atoms with Crippen LogP contribution in [0.25, 0.3) is 0 Å². The summed E-state index contributed by atoms with van der Waals surface area (Å²) >= 11 is 1.65. The quantitative estimate of drug-likeness (QED) is 0.861. The molecule has 1 unspecified atom stereocenters. The number of morpholine rings is 1. The summed E-state index contributed by atoms with van der Waals surface area (Å²) in [4.78, 5) is 18.9. The molecule has 1 saturated heterocycles. The molecule has 1 aliphatic heterocycles. The molecule has 0 spiro atoms. The molecule has 0 aromatic carbocycles. The van der Waals surface area contributed by atoms with Crippen molar-refractivity contribution < 1.29 is 9.53 Å². The Morgan fingerprint density at radius 3 is 2.86 bits per heavy atom. The molecule has 116 valence electrons. The fraction of sp³-hybridized carbons (Fsp3) is 0.750. The third-order valence-corrected chi connectivity index (χ3v) is 5.08. The molecule has 1 aliphatic carbocycles. The van der Waals surface area contributed by atoms with Crippen LogP contribution in [0.5, 0.6) is 0 Å². The topological polar surface area (TPSA) is 42.4 Å². The highest BCUT2D eigenvalue weighted by Gasteiger charge is 2.31. The fourth-order valence-corrected chi connectivity index (χ4v) is 3.59. The summed E-state index contributed by atoms with van der Waals surface area (Å²) in [5.74, 6) is 0.935. The molecule has 2 heterocycles. The standard InChI is InChI=1S/C16H24N2O2S/c1-16(2,3)13-10-21-15(17-13)12-9-18(6-7-20-12)14(19)8-11-4-5-11/h10-12H,4-9H2,1-3H3. The van der Waals surface area contributed by atoms with E-state index < -0.39 is 0 Å². The number of ether oxygens (including phenoxy) is 1. The lowest BCUT2D eigenvalue weighted by Gasteiger charge is -2.32. The molecule has 2 aliphatic rings. The Labute approximate surface area is 130 Å². The van der Waals surface area contributed by atoms with Gasteiger partial charge in [0, 0.05) is 23.8 Å². The van der Waals surface area contributed by atoms with Gasteiger partial charge in [-0.05, 0) is 18.8 Å². The molecule has 5 heteroatoms. The van der Waals surface area contributed by atoms with Gasteiger partial charge in [0.25, 0.3) is 0 Å². The van der Waals surface area contributed by atoms with Crippen LogP contribution < -0.4 is 0 Å². The summed E-state index contributed by atoms with van der Waals surface area (Å²) in [6, 6.07) is 0. The second kappa shape index (κ2) is 5.69. The van der Waals surface area contributed by atoms with E-state index >= 15 is 0 Å². The molecule has 1 amide bonds. The van der Waals surface area contributed by atoms with Crippen molar-refractivity contribution in [2.75, 3.05) is 19.7 Å². The third kappa shape index (κ3) is 3.64. The fourth-order valence-electron chi connectivity index (χ4n) is 2.50. The molecule has 0 bridgehead atoms. The average molecular weight is 308 g/mol. The number of hydrogen-bond donors (Lipinski definition) is 0. The largest absolute Gasteiger partial charge is 0.367 e. The molecule has 21 heavy (non-hydrogen) atoms. The minimum absolute atomic E-state index is 0.0528. The number of amides is 1. The molecule has 0 radical (unpaired) electrons. The molecule has 3 rings (SSSR count). The Kier molecular flexibility index (Phi) is 4.06. The number of hydrogen-bond acceptors (Lipinski definition) is 4. The minimum Gasteiger partial charge on any atom is -0.367 e. The van der Waals surface area contributed by atoms with Crippen LogP contribution in [0, 0.1) is 5.92 Å². The maximum atomic E-state index is 12.2. The Hall–Kier alpha value is -0.940. The zero-order chi connectivity index (χ0) is 15.0. The summed E-state index contributed by atoms with van der Waals surface area (Å²) in [7, 11) is 0. The second-order valence-corrected chi connectivity index (χ2v) is 8.06. The maximum Gasteiger partial charge on any atom is 0.223 e. The van der Waals surface area contributed by atoms with Crippen LogP contribution in [0.2, 0.25) is 0 Å². The van der Waals surface area contributed by atoms with Gasteiger partial charge in [-0.2, -0.15) is 0 Å². The highest BCUT2D eigenvalue weighted by molar-refractivity contribution is 7.09. The van der Waals surface area contributed by atoms with E-state index in [1.807, 2.05) is 4.90 Å². The van der Waals surface area contributed by atoms with Crippen LogP contribution in [0.3, 0.4) is 0 Å². The molecule has 1 aromatic rings. The van der Waals surface area contributed by atoms with E-state index in [1.54, 1.807) is 11.3 Å². The van der Waals surface area contributed by atoms with E-state index in [4.69, 9.17) is 9.72 Å². The SMILES string of the molecule is CC(C)(C)c1csc(C2CN(C(=O)CC3CC3)CCO2)n1. The molecule has 1 atom stereocenters. The Bertz CT molecular complexity index is 517. The lowest BCUT2D eigenvalue weighted by Crippen LogP contribution is -2.42. The number of nitrogens with zero attached hydrogens (tertiary/aromatic N) is 2. The molecular weight excluding hydrogens is 284 g/mol. The first kappa shape index (κ1) is 15.0. The van der Waals surface area contributed by atoms with Gasteiger partial charge in [0.1, 0.15) is 11.1 Å². The molecule has 1 saturated carbocycles. The maximum absolute atomic E-state index is 12.2. The number of aromatic nitrogens is 1. The summed E-state index contributed by atoms with van der Waals surface area (Å²) in [6.07, 6.45) is 3.11. The van der Waals surface area contributed by atoms with Crippen LogP contribution in [-0.4, -0.2) is 35.5 Å². The summed E-state index contributed by atoms with van der Waals surface area (Å²) in [5, 5.41) is 3.12. The van der Waals surface area contributed by atoms with E-state index in [0.29, 0.717) is 25.0 Å². The van der Waals surface area contributed by atoms with E-state index in [2.05, 4.69) is 26.2 Å². The van der Waals surface area contributed by atoms with Gasteiger partial charge >= 0.3 is 0 Å². The van der Waals surface area contributed by atoms with Gasteiger partial charge in [-0.15, -0.1) is 11.3 Å². The Morgan fingerprint density at radius 2 is 2.24 bits per heavy atom. The number of thiazole rings is 1. The van der Waals surface area contributed by atoms with Gasteiger partial charge in [-0.25, -0.2) is 4.98 Å². The number of rotatable bonds is 3. The van der Waals surface area contributed by atoms with E-state index in [9.17, 15) is 4.79 Å². The highest BCUT2D eigenvalue weighted by atomic mass is 32.1. The smallest absolute Gasteiger partial charge is 0.223 e. The predicted octanol–water partition coefficient (Wildman–Crippen LogP) is 3.14. The molecule has 0 N–H and O–H groups in total. The van der Waals surface area contributed by atoms with Crippen molar-refractivity contribution in [3.63, 3.8) is 0 Å². The zero-order valence-electron chi connectivity index (χ0n) is 13.1. The summed E-state index contributed by atoms with van der Waals surface area (Å²) < 4.78 is 5.85. The minimum atomic E-state index is -0.0528. The van der Waals surface area contributed by atoms with Gasteiger partial charge in [-0.1, -0.05) is 20.8 Å². The van der Waals surface area contributed by atoms with Gasteiger partial charge < -0.3 is 9.64 Å². The van der Waals surface area contributed by atoms with Crippen molar-refractivity contribution >= 4 is 17.2 Å². The molecule has 2 fully saturated rings. The normalized spacial score (nSPS) is 23.4. The Morgan fingerprint density at radius 1 is 1.48 bits per heavy atom. The average Bonchev–Trinajstić information content (AvgIpc) is 3.09. The van der Waals surface area contributed by atoms with Crippen molar-refractivity contribution in [1.29, 1.82) is 0 Å². The first-order chi connectivity index (χ1) is 9.93. The van der Waals surface area contributed by atoms with E-state index in [1.165, 1.54) is 12.8 Å². The monoisotopic (exact) mass is 308 g/mol. The van der Waals surface area contributed by atoms with Crippen molar-refractivity contribution in [2.45, 2.75) is 51.6 Å². The summed E-state index contributed by atoms with van der Waals surface area (Å²) in [5.41, 5.74) is 1.16.